The highest BCUT2D eigenvalue weighted by Gasteiger charge is 2.16. The van der Waals surface area contributed by atoms with Gasteiger partial charge in [0.15, 0.2) is 0 Å². The Hall–Kier alpha value is -1.08. The van der Waals surface area contributed by atoms with Crippen molar-refractivity contribution in [3.63, 3.8) is 0 Å². The Kier molecular flexibility index (Phi) is 5.95. The molecule has 0 fully saturated rings. The summed E-state index contributed by atoms with van der Waals surface area (Å²) < 4.78 is 0. The summed E-state index contributed by atoms with van der Waals surface area (Å²) >= 11 is 0. The van der Waals surface area contributed by atoms with E-state index in [1.807, 2.05) is 20.8 Å². The normalized spacial score (nSPS) is 13.0. The lowest BCUT2D eigenvalue weighted by Crippen LogP contribution is -2.41. The second-order valence-corrected chi connectivity index (χ2v) is 4.39. The van der Waals surface area contributed by atoms with Crippen LogP contribution in [0.5, 0.6) is 0 Å². The zero-order chi connectivity index (χ0) is 11.9. The van der Waals surface area contributed by atoms with E-state index in [1.54, 1.807) is 7.05 Å². The van der Waals surface area contributed by atoms with Gasteiger partial charge in [0, 0.05) is 7.05 Å². The van der Waals surface area contributed by atoms with Crippen molar-refractivity contribution < 1.29 is 4.79 Å². The van der Waals surface area contributed by atoms with E-state index in [-0.39, 0.29) is 17.4 Å². The first kappa shape index (κ1) is 13.9. The summed E-state index contributed by atoms with van der Waals surface area (Å²) in [6.45, 7) is 6.44. The van der Waals surface area contributed by atoms with Crippen LogP contribution in [0, 0.1) is 16.7 Å². The van der Waals surface area contributed by atoms with E-state index < -0.39 is 0 Å². The van der Waals surface area contributed by atoms with Gasteiger partial charge in [0.25, 0.3) is 0 Å². The molecule has 0 aliphatic heterocycles. The Balaban J connectivity index is 3.64. The minimum absolute atomic E-state index is 0.00505. The van der Waals surface area contributed by atoms with Gasteiger partial charge in [-0.25, -0.2) is 0 Å². The molecule has 0 aromatic rings. The van der Waals surface area contributed by atoms with Crippen LogP contribution in [-0.2, 0) is 4.79 Å². The van der Waals surface area contributed by atoms with Gasteiger partial charge in [0.2, 0.25) is 5.91 Å². The molecular weight excluding hydrogens is 190 g/mol. The molecule has 4 nitrogen and oxygen atoms in total. The molecule has 0 aromatic heterocycles. The molecule has 86 valence electrons. The fourth-order valence-corrected chi connectivity index (χ4v) is 1.21. The Labute approximate surface area is 92.0 Å². The summed E-state index contributed by atoms with van der Waals surface area (Å²) in [5.74, 6) is -0.00505. The van der Waals surface area contributed by atoms with Crippen LogP contribution >= 0.6 is 0 Å². The molecule has 0 aliphatic carbocycles. The fraction of sp³-hybridized carbons (Fsp3) is 0.818. The van der Waals surface area contributed by atoms with Gasteiger partial charge in [-0.2, -0.15) is 5.26 Å². The van der Waals surface area contributed by atoms with Crippen LogP contribution in [0.15, 0.2) is 0 Å². The van der Waals surface area contributed by atoms with Crippen molar-refractivity contribution in [2.75, 3.05) is 13.6 Å². The lowest BCUT2D eigenvalue weighted by Gasteiger charge is -2.16. The maximum absolute atomic E-state index is 11.1. The van der Waals surface area contributed by atoms with Gasteiger partial charge in [-0.05, 0) is 40.2 Å². The van der Waals surface area contributed by atoms with Crippen molar-refractivity contribution in [2.45, 2.75) is 39.7 Å². The summed E-state index contributed by atoms with van der Waals surface area (Å²) in [6.07, 6.45) is 1.75. The van der Waals surface area contributed by atoms with E-state index in [2.05, 4.69) is 16.7 Å². The van der Waals surface area contributed by atoms with Crippen molar-refractivity contribution in [3.8, 4) is 6.07 Å². The molecule has 1 atom stereocenters. The van der Waals surface area contributed by atoms with Crippen LogP contribution < -0.4 is 10.6 Å². The SMILES string of the molecule is CNC(=O)C(C)NCCCC(C)(C)C#N. The minimum Gasteiger partial charge on any atom is -0.358 e. The molecule has 0 rings (SSSR count). The maximum atomic E-state index is 11.1. The van der Waals surface area contributed by atoms with Crippen LogP contribution in [0.1, 0.15) is 33.6 Å². The van der Waals surface area contributed by atoms with Crippen LogP contribution in [0.4, 0.5) is 0 Å². The molecule has 0 heterocycles. The number of nitrogens with zero attached hydrogens (tertiary/aromatic N) is 1. The van der Waals surface area contributed by atoms with E-state index in [4.69, 9.17) is 5.26 Å². The minimum atomic E-state index is -0.266. The number of hydrogen-bond donors (Lipinski definition) is 2. The number of amides is 1. The number of carbonyl (C=O) groups excluding carboxylic acids is 1. The monoisotopic (exact) mass is 211 g/mol. The largest absolute Gasteiger partial charge is 0.358 e. The Morgan fingerprint density at radius 2 is 2.13 bits per heavy atom. The fourth-order valence-electron chi connectivity index (χ4n) is 1.21. The maximum Gasteiger partial charge on any atom is 0.236 e. The summed E-state index contributed by atoms with van der Waals surface area (Å²) in [6, 6.07) is 2.09. The molecule has 1 amide bonds. The molecule has 15 heavy (non-hydrogen) atoms. The van der Waals surface area contributed by atoms with Gasteiger partial charge in [0.1, 0.15) is 0 Å². The second kappa shape index (κ2) is 6.41. The van der Waals surface area contributed by atoms with Crippen molar-refractivity contribution in [1.29, 1.82) is 5.26 Å². The van der Waals surface area contributed by atoms with E-state index in [1.165, 1.54) is 0 Å². The zero-order valence-electron chi connectivity index (χ0n) is 10.1. The highest BCUT2D eigenvalue weighted by atomic mass is 16.2. The van der Waals surface area contributed by atoms with Gasteiger partial charge in [-0.1, -0.05) is 0 Å². The summed E-state index contributed by atoms with van der Waals surface area (Å²) in [5, 5.41) is 14.5. The second-order valence-electron chi connectivity index (χ2n) is 4.39. The van der Waals surface area contributed by atoms with Gasteiger partial charge >= 0.3 is 0 Å². The number of hydrogen-bond acceptors (Lipinski definition) is 3. The van der Waals surface area contributed by atoms with Crippen molar-refractivity contribution in [1.82, 2.24) is 10.6 Å². The van der Waals surface area contributed by atoms with E-state index >= 15 is 0 Å². The van der Waals surface area contributed by atoms with Crippen molar-refractivity contribution in [2.24, 2.45) is 5.41 Å². The van der Waals surface area contributed by atoms with E-state index in [0.29, 0.717) is 0 Å². The van der Waals surface area contributed by atoms with E-state index in [9.17, 15) is 4.79 Å². The average molecular weight is 211 g/mol. The first-order chi connectivity index (χ1) is 6.93. The van der Waals surface area contributed by atoms with Gasteiger partial charge < -0.3 is 10.6 Å². The lowest BCUT2D eigenvalue weighted by molar-refractivity contribution is -0.122. The molecule has 0 radical (unpaired) electrons. The molecule has 4 heteroatoms. The Bertz CT molecular complexity index is 243. The summed E-state index contributed by atoms with van der Waals surface area (Å²) in [4.78, 5) is 11.1. The van der Waals surface area contributed by atoms with E-state index in [0.717, 1.165) is 19.4 Å². The molecule has 0 spiro atoms. The van der Waals surface area contributed by atoms with Gasteiger partial charge in [-0.3, -0.25) is 4.79 Å². The third kappa shape index (κ3) is 6.08. The molecule has 0 aromatic carbocycles. The first-order valence-corrected chi connectivity index (χ1v) is 5.29. The molecule has 0 saturated carbocycles. The number of nitrogens with one attached hydrogen (secondary N) is 2. The molecule has 0 saturated heterocycles. The van der Waals surface area contributed by atoms with Gasteiger partial charge in [0.05, 0.1) is 17.5 Å². The van der Waals surface area contributed by atoms with Crippen LogP contribution in [0.3, 0.4) is 0 Å². The smallest absolute Gasteiger partial charge is 0.236 e. The highest BCUT2D eigenvalue weighted by molar-refractivity contribution is 5.80. The lowest BCUT2D eigenvalue weighted by atomic mass is 9.90. The number of carbonyl (C=O) groups is 1. The van der Waals surface area contributed by atoms with Crippen LogP contribution in [0.25, 0.3) is 0 Å². The Morgan fingerprint density at radius 3 is 2.60 bits per heavy atom. The predicted octanol–water partition coefficient (Wildman–Crippen LogP) is 1.04. The summed E-state index contributed by atoms with van der Waals surface area (Å²) in [5.41, 5.74) is -0.266. The third-order valence-electron chi connectivity index (χ3n) is 2.37. The number of nitriles is 1. The van der Waals surface area contributed by atoms with Crippen molar-refractivity contribution in [3.05, 3.63) is 0 Å². The first-order valence-electron chi connectivity index (χ1n) is 5.29. The predicted molar refractivity (Wildman–Crippen MR) is 60.2 cm³/mol. The third-order valence-corrected chi connectivity index (χ3v) is 2.37. The van der Waals surface area contributed by atoms with Crippen LogP contribution in [-0.4, -0.2) is 25.5 Å². The average Bonchev–Trinajstić information content (AvgIpc) is 2.22. The zero-order valence-corrected chi connectivity index (χ0v) is 10.1. The van der Waals surface area contributed by atoms with Crippen LogP contribution in [0.2, 0.25) is 0 Å². The molecule has 0 bridgehead atoms. The Morgan fingerprint density at radius 1 is 1.53 bits per heavy atom. The molecular formula is C11H21N3O. The molecule has 2 N–H and O–H groups in total. The highest BCUT2D eigenvalue weighted by Crippen LogP contribution is 2.19. The number of rotatable bonds is 6. The van der Waals surface area contributed by atoms with Crippen molar-refractivity contribution >= 4 is 5.91 Å². The summed E-state index contributed by atoms with van der Waals surface area (Å²) in [7, 11) is 1.62. The topological polar surface area (TPSA) is 64.9 Å². The quantitative estimate of drug-likeness (QED) is 0.645. The number of likely N-dealkylation sites (N-methyl/N-ethyl adjacent to an activating group) is 1. The molecule has 0 aliphatic rings. The molecule has 1 unspecified atom stereocenters. The van der Waals surface area contributed by atoms with Gasteiger partial charge in [-0.15, -0.1) is 0 Å². The standard InChI is InChI=1S/C11H21N3O/c1-9(10(15)13-4)14-7-5-6-11(2,3)8-12/h9,14H,5-7H2,1-4H3,(H,13,15).